The van der Waals surface area contributed by atoms with E-state index < -0.39 is 5.97 Å². The SMILES string of the molecule is O=C(O)C=Cc1cccc(NCc2ccc(C3CCCCC3)cc2)c1. The smallest absolute Gasteiger partial charge is 0.328 e. The van der Waals surface area contributed by atoms with Gasteiger partial charge in [0.1, 0.15) is 0 Å². The van der Waals surface area contributed by atoms with Crippen molar-refractivity contribution in [1.82, 2.24) is 0 Å². The topological polar surface area (TPSA) is 49.3 Å². The van der Waals surface area contributed by atoms with Crippen molar-refractivity contribution >= 4 is 17.7 Å². The van der Waals surface area contributed by atoms with Crippen LogP contribution in [0.15, 0.2) is 54.6 Å². The Morgan fingerprint density at radius 1 is 1.08 bits per heavy atom. The molecule has 130 valence electrons. The number of nitrogens with one attached hydrogen (secondary N) is 1. The molecule has 1 fully saturated rings. The highest BCUT2D eigenvalue weighted by Crippen LogP contribution is 2.32. The maximum absolute atomic E-state index is 10.6. The standard InChI is InChI=1S/C22H25NO2/c24-22(25)14-11-17-5-4-8-21(15-17)23-16-18-9-12-20(13-10-18)19-6-2-1-3-7-19/h4-5,8-15,19,23H,1-3,6-7,16H2,(H,24,25). The summed E-state index contributed by atoms with van der Waals surface area (Å²) in [4.78, 5) is 10.6. The molecule has 0 spiro atoms. The Hall–Kier alpha value is -2.55. The third-order valence-electron chi connectivity index (χ3n) is 4.86. The highest BCUT2D eigenvalue weighted by Gasteiger charge is 2.14. The van der Waals surface area contributed by atoms with Gasteiger partial charge in [0, 0.05) is 18.3 Å². The lowest BCUT2D eigenvalue weighted by Gasteiger charge is -2.22. The van der Waals surface area contributed by atoms with Gasteiger partial charge in [0.05, 0.1) is 0 Å². The van der Waals surface area contributed by atoms with Crippen molar-refractivity contribution in [1.29, 1.82) is 0 Å². The van der Waals surface area contributed by atoms with Gasteiger partial charge in [-0.25, -0.2) is 4.79 Å². The molecule has 1 aliphatic carbocycles. The number of carboxylic acids is 1. The van der Waals surface area contributed by atoms with Crippen molar-refractivity contribution in [3.8, 4) is 0 Å². The van der Waals surface area contributed by atoms with E-state index in [1.165, 1.54) is 43.2 Å². The zero-order chi connectivity index (χ0) is 17.5. The Kier molecular flexibility index (Phi) is 5.89. The summed E-state index contributed by atoms with van der Waals surface area (Å²) in [5, 5.41) is 12.1. The molecule has 0 heterocycles. The van der Waals surface area contributed by atoms with Gasteiger partial charge in [-0.3, -0.25) is 0 Å². The van der Waals surface area contributed by atoms with Gasteiger partial charge in [0.15, 0.2) is 0 Å². The van der Waals surface area contributed by atoms with Crippen molar-refractivity contribution in [3.63, 3.8) is 0 Å². The number of benzene rings is 2. The van der Waals surface area contributed by atoms with E-state index >= 15 is 0 Å². The number of hydrogen-bond donors (Lipinski definition) is 2. The predicted octanol–water partition coefficient (Wildman–Crippen LogP) is 5.44. The number of carbonyl (C=O) groups is 1. The summed E-state index contributed by atoms with van der Waals surface area (Å²) in [6.45, 7) is 0.761. The average molecular weight is 335 g/mol. The Bertz CT molecular complexity index is 728. The monoisotopic (exact) mass is 335 g/mol. The minimum Gasteiger partial charge on any atom is -0.478 e. The van der Waals surface area contributed by atoms with Crippen LogP contribution in [0.2, 0.25) is 0 Å². The lowest BCUT2D eigenvalue weighted by Crippen LogP contribution is -2.05. The molecule has 0 radical (unpaired) electrons. The molecule has 3 heteroatoms. The third-order valence-corrected chi connectivity index (χ3v) is 4.86. The van der Waals surface area contributed by atoms with Gasteiger partial charge in [-0.1, -0.05) is 55.7 Å². The molecule has 2 aromatic carbocycles. The van der Waals surface area contributed by atoms with Gasteiger partial charge in [-0.2, -0.15) is 0 Å². The molecule has 2 aromatic rings. The van der Waals surface area contributed by atoms with E-state index in [4.69, 9.17) is 5.11 Å². The van der Waals surface area contributed by atoms with Crippen LogP contribution >= 0.6 is 0 Å². The van der Waals surface area contributed by atoms with Crippen LogP contribution in [0.3, 0.4) is 0 Å². The van der Waals surface area contributed by atoms with E-state index in [9.17, 15) is 4.79 Å². The molecule has 2 N–H and O–H groups in total. The molecule has 3 nitrogen and oxygen atoms in total. The van der Waals surface area contributed by atoms with Crippen molar-refractivity contribution in [3.05, 3.63) is 71.3 Å². The van der Waals surface area contributed by atoms with E-state index in [2.05, 4.69) is 29.6 Å². The molecular formula is C22H25NO2. The third kappa shape index (κ3) is 5.21. The van der Waals surface area contributed by atoms with Crippen LogP contribution in [0.25, 0.3) is 6.08 Å². The molecule has 0 amide bonds. The minimum atomic E-state index is -0.934. The molecule has 0 saturated heterocycles. The zero-order valence-electron chi connectivity index (χ0n) is 14.4. The molecule has 1 aliphatic rings. The van der Waals surface area contributed by atoms with Crippen LogP contribution in [0.4, 0.5) is 5.69 Å². The first-order valence-electron chi connectivity index (χ1n) is 9.04. The lowest BCUT2D eigenvalue weighted by molar-refractivity contribution is -0.131. The number of carboxylic acid groups (broad SMARTS) is 1. The van der Waals surface area contributed by atoms with E-state index in [0.29, 0.717) is 0 Å². The van der Waals surface area contributed by atoms with Gasteiger partial charge in [0.2, 0.25) is 0 Å². The van der Waals surface area contributed by atoms with Crippen LogP contribution in [-0.2, 0) is 11.3 Å². The first-order chi connectivity index (χ1) is 12.2. The Morgan fingerprint density at radius 2 is 1.84 bits per heavy atom. The van der Waals surface area contributed by atoms with Crippen molar-refractivity contribution in [2.45, 2.75) is 44.6 Å². The van der Waals surface area contributed by atoms with E-state index in [0.717, 1.165) is 29.8 Å². The highest BCUT2D eigenvalue weighted by molar-refractivity contribution is 5.85. The zero-order valence-corrected chi connectivity index (χ0v) is 14.4. The van der Waals surface area contributed by atoms with Crippen molar-refractivity contribution < 1.29 is 9.90 Å². The molecule has 25 heavy (non-hydrogen) atoms. The summed E-state index contributed by atoms with van der Waals surface area (Å²) in [5.41, 5.74) is 4.60. The molecule has 0 bridgehead atoms. The number of hydrogen-bond acceptors (Lipinski definition) is 2. The number of aliphatic carboxylic acids is 1. The summed E-state index contributed by atoms with van der Waals surface area (Å²) >= 11 is 0. The van der Waals surface area contributed by atoms with Crippen molar-refractivity contribution in [2.75, 3.05) is 5.32 Å². The largest absolute Gasteiger partial charge is 0.478 e. The molecular weight excluding hydrogens is 310 g/mol. The average Bonchev–Trinajstić information content (AvgIpc) is 2.66. The Morgan fingerprint density at radius 3 is 2.56 bits per heavy atom. The minimum absolute atomic E-state index is 0.744. The Labute approximate surface area is 149 Å². The Balaban J connectivity index is 1.58. The van der Waals surface area contributed by atoms with Crippen LogP contribution < -0.4 is 5.32 Å². The highest BCUT2D eigenvalue weighted by atomic mass is 16.4. The second kappa shape index (κ2) is 8.52. The number of rotatable bonds is 6. The summed E-state index contributed by atoms with van der Waals surface area (Å²) < 4.78 is 0. The first-order valence-corrected chi connectivity index (χ1v) is 9.04. The second-order valence-electron chi connectivity index (χ2n) is 6.73. The fraction of sp³-hybridized carbons (Fsp3) is 0.318. The maximum atomic E-state index is 10.6. The molecule has 0 aliphatic heterocycles. The van der Waals surface area contributed by atoms with Gasteiger partial charge >= 0.3 is 5.97 Å². The van der Waals surface area contributed by atoms with Crippen LogP contribution in [0.5, 0.6) is 0 Å². The normalized spacial score (nSPS) is 15.4. The van der Waals surface area contributed by atoms with Crippen LogP contribution in [0.1, 0.15) is 54.7 Å². The molecule has 1 saturated carbocycles. The summed E-state index contributed by atoms with van der Waals surface area (Å²) in [5.74, 6) is -0.190. The fourth-order valence-corrected chi connectivity index (χ4v) is 3.47. The number of anilines is 1. The van der Waals surface area contributed by atoms with E-state index in [-0.39, 0.29) is 0 Å². The van der Waals surface area contributed by atoms with Gasteiger partial charge < -0.3 is 10.4 Å². The van der Waals surface area contributed by atoms with Crippen LogP contribution in [0, 0.1) is 0 Å². The molecule has 0 unspecified atom stereocenters. The van der Waals surface area contributed by atoms with Gasteiger partial charge in [-0.05, 0) is 53.7 Å². The lowest BCUT2D eigenvalue weighted by atomic mass is 9.84. The first kappa shape index (κ1) is 17.3. The molecule has 0 atom stereocenters. The van der Waals surface area contributed by atoms with E-state index in [1.807, 2.05) is 24.3 Å². The second-order valence-corrected chi connectivity index (χ2v) is 6.73. The fourth-order valence-electron chi connectivity index (χ4n) is 3.47. The maximum Gasteiger partial charge on any atom is 0.328 e. The summed E-state index contributed by atoms with van der Waals surface area (Å²) in [7, 11) is 0. The van der Waals surface area contributed by atoms with E-state index in [1.54, 1.807) is 6.08 Å². The van der Waals surface area contributed by atoms with Crippen LogP contribution in [-0.4, -0.2) is 11.1 Å². The quantitative estimate of drug-likeness (QED) is 0.691. The predicted molar refractivity (Wildman–Crippen MR) is 103 cm³/mol. The molecule has 0 aromatic heterocycles. The summed E-state index contributed by atoms with van der Waals surface area (Å²) in [6.07, 6.45) is 9.53. The molecule has 3 rings (SSSR count). The summed E-state index contributed by atoms with van der Waals surface area (Å²) in [6, 6.07) is 16.7. The van der Waals surface area contributed by atoms with Crippen molar-refractivity contribution in [2.24, 2.45) is 0 Å². The van der Waals surface area contributed by atoms with Gasteiger partial charge in [0.25, 0.3) is 0 Å². The van der Waals surface area contributed by atoms with Gasteiger partial charge in [-0.15, -0.1) is 0 Å².